The number of ether oxygens (including phenoxy) is 1. The third-order valence-corrected chi connectivity index (χ3v) is 4.92. The van der Waals surface area contributed by atoms with Gasteiger partial charge in [0.25, 0.3) is 0 Å². The van der Waals surface area contributed by atoms with Gasteiger partial charge in [0.2, 0.25) is 11.8 Å². The van der Waals surface area contributed by atoms with Gasteiger partial charge in [0.05, 0.1) is 13.0 Å². The summed E-state index contributed by atoms with van der Waals surface area (Å²) in [7, 11) is 1.59. The summed E-state index contributed by atoms with van der Waals surface area (Å²) in [6, 6.07) is 15.0. The van der Waals surface area contributed by atoms with Crippen LogP contribution in [0.4, 0.5) is 11.4 Å². The van der Waals surface area contributed by atoms with E-state index < -0.39 is 0 Å². The Bertz CT molecular complexity index is 794. The van der Waals surface area contributed by atoms with E-state index in [0.717, 1.165) is 16.3 Å². The lowest BCUT2D eigenvalue weighted by Gasteiger charge is -2.17. The third kappa shape index (κ3) is 3.96. The lowest BCUT2D eigenvalue weighted by molar-refractivity contribution is -0.122. The number of carbonyl (C=O) groups excluding carboxylic acids is 2. The highest BCUT2D eigenvalue weighted by atomic mass is 32.2. The monoisotopic (exact) mass is 356 g/mol. The molecule has 1 N–H and O–H groups in total. The van der Waals surface area contributed by atoms with Gasteiger partial charge < -0.3 is 15.0 Å². The average molecular weight is 356 g/mol. The summed E-state index contributed by atoms with van der Waals surface area (Å²) < 4.78 is 5.21. The topological polar surface area (TPSA) is 58.6 Å². The Morgan fingerprint density at radius 1 is 1.24 bits per heavy atom. The number of carbonyl (C=O) groups is 2. The summed E-state index contributed by atoms with van der Waals surface area (Å²) in [5.74, 6) is 0.145. The summed E-state index contributed by atoms with van der Waals surface area (Å²) in [6.45, 7) is 0.375. The van der Waals surface area contributed by atoms with Gasteiger partial charge in [-0.3, -0.25) is 9.59 Å². The number of hydrogen-bond donors (Lipinski definition) is 1. The minimum absolute atomic E-state index is 0.0498. The smallest absolute Gasteiger partial charge is 0.229 e. The number of amides is 2. The summed E-state index contributed by atoms with van der Waals surface area (Å²) in [4.78, 5) is 27.6. The molecule has 1 fully saturated rings. The lowest BCUT2D eigenvalue weighted by atomic mass is 10.1. The van der Waals surface area contributed by atoms with Crippen LogP contribution in [-0.2, 0) is 9.59 Å². The second kappa shape index (κ2) is 7.61. The van der Waals surface area contributed by atoms with Crippen LogP contribution < -0.4 is 15.0 Å². The van der Waals surface area contributed by atoms with Crippen LogP contribution in [0.2, 0.25) is 0 Å². The highest BCUT2D eigenvalue weighted by Gasteiger charge is 2.35. The van der Waals surface area contributed by atoms with Crippen molar-refractivity contribution in [2.45, 2.75) is 11.3 Å². The molecule has 25 heavy (non-hydrogen) atoms. The predicted octanol–water partition coefficient (Wildman–Crippen LogP) is 3.41. The molecule has 130 valence electrons. The molecule has 3 rings (SSSR count). The van der Waals surface area contributed by atoms with E-state index in [1.807, 2.05) is 48.7 Å². The van der Waals surface area contributed by atoms with E-state index in [2.05, 4.69) is 5.32 Å². The van der Waals surface area contributed by atoms with Crippen molar-refractivity contribution in [1.82, 2.24) is 0 Å². The van der Waals surface area contributed by atoms with Crippen LogP contribution in [-0.4, -0.2) is 31.7 Å². The predicted molar refractivity (Wildman–Crippen MR) is 100 cm³/mol. The van der Waals surface area contributed by atoms with Crippen LogP contribution >= 0.6 is 11.8 Å². The molecule has 0 aliphatic carbocycles. The molecule has 2 amide bonds. The van der Waals surface area contributed by atoms with E-state index in [1.54, 1.807) is 29.8 Å². The van der Waals surface area contributed by atoms with Gasteiger partial charge in [-0.15, -0.1) is 11.8 Å². The maximum atomic E-state index is 12.5. The zero-order valence-corrected chi connectivity index (χ0v) is 15.0. The van der Waals surface area contributed by atoms with Crippen LogP contribution in [0.25, 0.3) is 0 Å². The van der Waals surface area contributed by atoms with E-state index in [-0.39, 0.29) is 24.2 Å². The largest absolute Gasteiger partial charge is 0.497 e. The fourth-order valence-electron chi connectivity index (χ4n) is 2.86. The molecular formula is C19H20N2O3S. The van der Waals surface area contributed by atoms with Crippen molar-refractivity contribution in [3.05, 3.63) is 48.5 Å². The molecule has 0 spiro atoms. The van der Waals surface area contributed by atoms with Crippen LogP contribution in [0.3, 0.4) is 0 Å². The lowest BCUT2D eigenvalue weighted by Crippen LogP contribution is -2.28. The van der Waals surface area contributed by atoms with Gasteiger partial charge in [0.15, 0.2) is 0 Å². The standard InChI is InChI=1S/C19H20N2O3S/c1-24-16-7-4-6-15(11-16)21-12-13(9-18(21)22)19(23)20-14-5-3-8-17(10-14)25-2/h3-8,10-11,13H,9,12H2,1-2H3,(H,20,23). The van der Waals surface area contributed by atoms with Crippen molar-refractivity contribution in [2.75, 3.05) is 30.1 Å². The summed E-state index contributed by atoms with van der Waals surface area (Å²) in [5, 5.41) is 2.92. The van der Waals surface area contributed by atoms with E-state index in [1.165, 1.54) is 0 Å². The zero-order chi connectivity index (χ0) is 17.8. The molecule has 6 heteroatoms. The number of nitrogens with one attached hydrogen (secondary N) is 1. The molecule has 1 saturated heterocycles. The molecule has 1 atom stereocenters. The molecule has 5 nitrogen and oxygen atoms in total. The number of thioether (sulfide) groups is 1. The van der Waals surface area contributed by atoms with E-state index in [0.29, 0.717) is 12.3 Å². The van der Waals surface area contributed by atoms with Crippen LogP contribution in [0.5, 0.6) is 5.75 Å². The van der Waals surface area contributed by atoms with Crippen LogP contribution in [0.15, 0.2) is 53.4 Å². The molecule has 2 aromatic rings. The van der Waals surface area contributed by atoms with Crippen molar-refractivity contribution in [1.29, 1.82) is 0 Å². The molecule has 0 bridgehead atoms. The first-order chi connectivity index (χ1) is 12.1. The van der Waals surface area contributed by atoms with Crippen molar-refractivity contribution in [2.24, 2.45) is 5.92 Å². The third-order valence-electron chi connectivity index (χ3n) is 4.20. The van der Waals surface area contributed by atoms with Gasteiger partial charge in [-0.25, -0.2) is 0 Å². The molecule has 1 aliphatic rings. The summed E-state index contributed by atoms with van der Waals surface area (Å²) >= 11 is 1.62. The Hall–Kier alpha value is -2.47. The number of rotatable bonds is 5. The van der Waals surface area contributed by atoms with Crippen molar-refractivity contribution in [3.63, 3.8) is 0 Å². The SMILES string of the molecule is COc1cccc(N2CC(C(=O)Nc3cccc(SC)c3)CC2=O)c1. The molecule has 1 aliphatic heterocycles. The van der Waals surface area contributed by atoms with Crippen LogP contribution in [0, 0.1) is 5.92 Å². The minimum atomic E-state index is -0.364. The van der Waals surface area contributed by atoms with Gasteiger partial charge in [0, 0.05) is 35.3 Å². The summed E-state index contributed by atoms with van der Waals surface area (Å²) in [5.41, 5.74) is 1.51. The average Bonchev–Trinajstić information content (AvgIpc) is 3.04. The molecule has 0 saturated carbocycles. The highest BCUT2D eigenvalue weighted by molar-refractivity contribution is 7.98. The Labute approximate surface area is 151 Å². The van der Waals surface area contributed by atoms with Crippen molar-refractivity contribution >= 4 is 35.0 Å². The number of nitrogens with zero attached hydrogens (tertiary/aromatic N) is 1. The van der Waals surface area contributed by atoms with Gasteiger partial charge in [-0.1, -0.05) is 12.1 Å². The van der Waals surface area contributed by atoms with Crippen molar-refractivity contribution in [3.8, 4) is 5.75 Å². The highest BCUT2D eigenvalue weighted by Crippen LogP contribution is 2.29. The molecule has 0 aromatic heterocycles. The minimum Gasteiger partial charge on any atom is -0.497 e. The molecule has 1 heterocycles. The number of hydrogen-bond acceptors (Lipinski definition) is 4. The van der Waals surface area contributed by atoms with Gasteiger partial charge >= 0.3 is 0 Å². The Morgan fingerprint density at radius 3 is 2.80 bits per heavy atom. The van der Waals surface area contributed by atoms with Gasteiger partial charge in [-0.2, -0.15) is 0 Å². The molecule has 2 aromatic carbocycles. The maximum absolute atomic E-state index is 12.5. The Balaban J connectivity index is 1.69. The van der Waals surface area contributed by atoms with E-state index in [4.69, 9.17) is 4.74 Å². The van der Waals surface area contributed by atoms with E-state index in [9.17, 15) is 9.59 Å². The molecule has 0 radical (unpaired) electrons. The number of benzene rings is 2. The van der Waals surface area contributed by atoms with E-state index >= 15 is 0 Å². The Kier molecular flexibility index (Phi) is 5.28. The first kappa shape index (κ1) is 17.4. The number of anilines is 2. The molecule has 1 unspecified atom stereocenters. The molecular weight excluding hydrogens is 336 g/mol. The fraction of sp³-hybridized carbons (Fsp3) is 0.263. The van der Waals surface area contributed by atoms with Gasteiger partial charge in [-0.05, 0) is 36.6 Å². The first-order valence-electron chi connectivity index (χ1n) is 8.00. The Morgan fingerprint density at radius 2 is 2.04 bits per heavy atom. The second-order valence-corrected chi connectivity index (χ2v) is 6.71. The second-order valence-electron chi connectivity index (χ2n) is 5.83. The summed E-state index contributed by atoms with van der Waals surface area (Å²) in [6.07, 6.45) is 2.20. The van der Waals surface area contributed by atoms with Crippen LogP contribution in [0.1, 0.15) is 6.42 Å². The van der Waals surface area contributed by atoms with Crippen molar-refractivity contribution < 1.29 is 14.3 Å². The number of methoxy groups -OCH3 is 1. The quantitative estimate of drug-likeness (QED) is 0.834. The maximum Gasteiger partial charge on any atom is 0.229 e. The first-order valence-corrected chi connectivity index (χ1v) is 9.22. The normalized spacial score (nSPS) is 16.8. The fourth-order valence-corrected chi connectivity index (χ4v) is 3.32. The van der Waals surface area contributed by atoms with Gasteiger partial charge in [0.1, 0.15) is 5.75 Å². The zero-order valence-electron chi connectivity index (χ0n) is 14.2.